The second-order valence-corrected chi connectivity index (χ2v) is 5.21. The van der Waals surface area contributed by atoms with Gasteiger partial charge in [0.25, 0.3) is 0 Å². The third kappa shape index (κ3) is 2.57. The van der Waals surface area contributed by atoms with Gasteiger partial charge in [-0.2, -0.15) is 0 Å². The molecule has 0 saturated carbocycles. The van der Waals surface area contributed by atoms with E-state index >= 15 is 0 Å². The Bertz CT molecular complexity index is 469. The normalized spacial score (nSPS) is 24.6. The monoisotopic (exact) mass is 278 g/mol. The fourth-order valence-electron chi connectivity index (χ4n) is 2.78. The summed E-state index contributed by atoms with van der Waals surface area (Å²) in [5, 5.41) is 2.84. The zero-order chi connectivity index (χ0) is 14.7. The first-order valence-corrected chi connectivity index (χ1v) is 7.26. The van der Waals surface area contributed by atoms with E-state index in [1.807, 2.05) is 26.8 Å². The van der Waals surface area contributed by atoms with Crippen LogP contribution >= 0.6 is 0 Å². The van der Waals surface area contributed by atoms with E-state index in [4.69, 9.17) is 4.42 Å². The Hall–Kier alpha value is -1.78. The molecule has 0 bridgehead atoms. The van der Waals surface area contributed by atoms with Crippen LogP contribution in [0.25, 0.3) is 0 Å². The van der Waals surface area contributed by atoms with E-state index in [2.05, 4.69) is 5.32 Å². The Labute approximate surface area is 119 Å². The van der Waals surface area contributed by atoms with E-state index in [-0.39, 0.29) is 17.9 Å². The summed E-state index contributed by atoms with van der Waals surface area (Å²) >= 11 is 0. The first-order valence-electron chi connectivity index (χ1n) is 7.26. The minimum absolute atomic E-state index is 0.0119. The Morgan fingerprint density at radius 1 is 1.40 bits per heavy atom. The minimum atomic E-state index is -0.421. The number of carbonyl (C=O) groups excluding carboxylic acids is 2. The summed E-state index contributed by atoms with van der Waals surface area (Å²) < 4.78 is 5.39. The number of hydrogen-bond acceptors (Lipinski definition) is 3. The highest BCUT2D eigenvalue weighted by Crippen LogP contribution is 2.28. The van der Waals surface area contributed by atoms with Gasteiger partial charge < -0.3 is 14.6 Å². The van der Waals surface area contributed by atoms with Crippen LogP contribution in [0.2, 0.25) is 0 Å². The van der Waals surface area contributed by atoms with E-state index in [1.54, 1.807) is 17.2 Å². The molecule has 20 heavy (non-hydrogen) atoms. The molecule has 2 heterocycles. The number of carbonyl (C=O) groups is 2. The summed E-state index contributed by atoms with van der Waals surface area (Å²) in [4.78, 5) is 26.5. The quantitative estimate of drug-likeness (QED) is 0.898. The SMILES string of the molecule is CCCC1NC(=O)C(CC)N(C(C)c2ccco2)C1=O. The summed E-state index contributed by atoms with van der Waals surface area (Å²) in [5.41, 5.74) is 0. The molecular weight excluding hydrogens is 256 g/mol. The van der Waals surface area contributed by atoms with Crippen molar-refractivity contribution in [2.24, 2.45) is 0 Å². The molecule has 1 saturated heterocycles. The van der Waals surface area contributed by atoms with Crippen LogP contribution in [-0.4, -0.2) is 28.8 Å². The second kappa shape index (κ2) is 6.11. The second-order valence-electron chi connectivity index (χ2n) is 5.21. The van der Waals surface area contributed by atoms with E-state index < -0.39 is 12.1 Å². The van der Waals surface area contributed by atoms with Crippen LogP contribution in [0.15, 0.2) is 22.8 Å². The van der Waals surface area contributed by atoms with Crippen molar-refractivity contribution in [3.8, 4) is 0 Å². The number of rotatable bonds is 5. The van der Waals surface area contributed by atoms with Gasteiger partial charge in [0.2, 0.25) is 11.8 Å². The first kappa shape index (κ1) is 14.6. The van der Waals surface area contributed by atoms with Crippen molar-refractivity contribution in [1.29, 1.82) is 0 Å². The summed E-state index contributed by atoms with van der Waals surface area (Å²) in [7, 11) is 0. The molecule has 0 radical (unpaired) electrons. The lowest BCUT2D eigenvalue weighted by molar-refractivity contribution is -0.152. The molecule has 5 nitrogen and oxygen atoms in total. The van der Waals surface area contributed by atoms with Crippen molar-refractivity contribution < 1.29 is 14.0 Å². The molecule has 0 spiro atoms. The molecule has 1 aliphatic rings. The van der Waals surface area contributed by atoms with Crippen LogP contribution in [0, 0.1) is 0 Å². The zero-order valence-electron chi connectivity index (χ0n) is 12.3. The molecule has 110 valence electrons. The molecule has 1 aromatic rings. The van der Waals surface area contributed by atoms with Gasteiger partial charge in [-0.05, 0) is 31.9 Å². The Morgan fingerprint density at radius 3 is 2.70 bits per heavy atom. The summed E-state index contributed by atoms with van der Waals surface area (Å²) in [6.45, 7) is 5.83. The van der Waals surface area contributed by atoms with E-state index in [9.17, 15) is 9.59 Å². The molecule has 3 unspecified atom stereocenters. The van der Waals surface area contributed by atoms with Crippen LogP contribution in [0.5, 0.6) is 0 Å². The molecule has 0 aromatic carbocycles. The summed E-state index contributed by atoms with van der Waals surface area (Å²) in [5.74, 6) is 0.632. The van der Waals surface area contributed by atoms with Crippen molar-refractivity contribution >= 4 is 11.8 Å². The van der Waals surface area contributed by atoms with Crippen molar-refractivity contribution in [2.45, 2.75) is 58.2 Å². The minimum Gasteiger partial charge on any atom is -0.467 e. The first-order chi connectivity index (χ1) is 9.60. The molecular formula is C15H22N2O3. The van der Waals surface area contributed by atoms with Crippen LogP contribution in [0.4, 0.5) is 0 Å². The van der Waals surface area contributed by atoms with Crippen LogP contribution in [0.3, 0.4) is 0 Å². The number of nitrogens with one attached hydrogen (secondary N) is 1. The van der Waals surface area contributed by atoms with Gasteiger partial charge in [-0.15, -0.1) is 0 Å². The lowest BCUT2D eigenvalue weighted by Gasteiger charge is -2.41. The third-order valence-corrected chi connectivity index (χ3v) is 3.84. The fraction of sp³-hybridized carbons (Fsp3) is 0.600. The number of amides is 2. The van der Waals surface area contributed by atoms with Crippen molar-refractivity contribution in [1.82, 2.24) is 10.2 Å². The smallest absolute Gasteiger partial charge is 0.246 e. The molecule has 1 fully saturated rings. The summed E-state index contributed by atoms with van der Waals surface area (Å²) in [6, 6.07) is 2.58. The van der Waals surface area contributed by atoms with Gasteiger partial charge in [-0.1, -0.05) is 20.3 Å². The van der Waals surface area contributed by atoms with Crippen molar-refractivity contribution in [2.75, 3.05) is 0 Å². The highest BCUT2D eigenvalue weighted by Gasteiger charge is 2.42. The molecule has 0 aliphatic carbocycles. The van der Waals surface area contributed by atoms with Gasteiger partial charge in [0.15, 0.2) is 0 Å². The number of piperazine rings is 1. The topological polar surface area (TPSA) is 62.6 Å². The van der Waals surface area contributed by atoms with E-state index in [0.717, 1.165) is 6.42 Å². The van der Waals surface area contributed by atoms with E-state index in [0.29, 0.717) is 18.6 Å². The lowest BCUT2D eigenvalue weighted by atomic mass is 9.99. The molecule has 2 amide bonds. The number of furan rings is 1. The largest absolute Gasteiger partial charge is 0.467 e. The molecule has 5 heteroatoms. The molecule has 3 atom stereocenters. The highest BCUT2D eigenvalue weighted by atomic mass is 16.3. The Kier molecular flexibility index (Phi) is 4.47. The predicted octanol–water partition coefficient (Wildman–Crippen LogP) is 2.25. The van der Waals surface area contributed by atoms with Gasteiger partial charge in [0, 0.05) is 0 Å². The Balaban J connectivity index is 2.29. The molecule has 1 N–H and O–H groups in total. The van der Waals surface area contributed by atoms with Gasteiger partial charge in [0.05, 0.1) is 12.3 Å². The maximum atomic E-state index is 12.6. The fourth-order valence-corrected chi connectivity index (χ4v) is 2.78. The third-order valence-electron chi connectivity index (χ3n) is 3.84. The molecule has 2 rings (SSSR count). The average Bonchev–Trinajstić information content (AvgIpc) is 2.95. The van der Waals surface area contributed by atoms with Gasteiger partial charge >= 0.3 is 0 Å². The van der Waals surface area contributed by atoms with Crippen LogP contribution in [0.1, 0.15) is 51.8 Å². The maximum Gasteiger partial charge on any atom is 0.246 e. The van der Waals surface area contributed by atoms with Crippen LogP contribution in [-0.2, 0) is 9.59 Å². The van der Waals surface area contributed by atoms with Crippen LogP contribution < -0.4 is 5.32 Å². The average molecular weight is 278 g/mol. The highest BCUT2D eigenvalue weighted by molar-refractivity contribution is 5.97. The van der Waals surface area contributed by atoms with Crippen molar-refractivity contribution in [3.63, 3.8) is 0 Å². The van der Waals surface area contributed by atoms with Gasteiger partial charge in [0.1, 0.15) is 17.8 Å². The maximum absolute atomic E-state index is 12.6. The zero-order valence-corrected chi connectivity index (χ0v) is 12.3. The standard InChI is InChI=1S/C15H22N2O3/c1-4-7-11-15(19)17(12(5-2)14(18)16-11)10(3)13-8-6-9-20-13/h6,8-12H,4-5,7H2,1-3H3,(H,16,18). The number of hydrogen-bond donors (Lipinski definition) is 1. The molecule has 1 aromatic heterocycles. The lowest BCUT2D eigenvalue weighted by Crippen LogP contribution is -2.63. The van der Waals surface area contributed by atoms with Crippen molar-refractivity contribution in [3.05, 3.63) is 24.2 Å². The van der Waals surface area contributed by atoms with Gasteiger partial charge in [-0.25, -0.2) is 0 Å². The van der Waals surface area contributed by atoms with E-state index in [1.165, 1.54) is 0 Å². The summed E-state index contributed by atoms with van der Waals surface area (Å²) in [6.07, 6.45) is 3.71. The van der Waals surface area contributed by atoms with Gasteiger partial charge in [-0.3, -0.25) is 9.59 Å². The molecule has 1 aliphatic heterocycles. The predicted molar refractivity (Wildman–Crippen MR) is 74.9 cm³/mol. The number of nitrogens with zero attached hydrogens (tertiary/aromatic N) is 1. The Morgan fingerprint density at radius 2 is 2.15 bits per heavy atom.